The number of esters is 1. The largest absolute Gasteiger partial charge is 0.465 e. The first-order valence-electron chi connectivity index (χ1n) is 8.60. The van der Waals surface area contributed by atoms with E-state index >= 15 is 0 Å². The number of benzene rings is 3. The highest BCUT2D eigenvalue weighted by molar-refractivity contribution is 6.00. The van der Waals surface area contributed by atoms with Crippen molar-refractivity contribution in [2.75, 3.05) is 17.7 Å². The standard InChI is InChI=1S/C22H19FN2O3/c1-14-7-8-16(21(26)28-2)13-18(14)15-9-11-17(12-10-15)24-22(27)25-20-6-4-3-5-19(20)23/h3-13H,1-2H3,(H2,24,25,27). The predicted molar refractivity (Wildman–Crippen MR) is 107 cm³/mol. The minimum Gasteiger partial charge on any atom is -0.465 e. The van der Waals surface area contributed by atoms with Crippen LogP contribution >= 0.6 is 0 Å². The molecule has 3 aromatic rings. The number of para-hydroxylation sites is 1. The summed E-state index contributed by atoms with van der Waals surface area (Å²) in [5.41, 5.74) is 3.92. The molecule has 2 N–H and O–H groups in total. The van der Waals surface area contributed by atoms with Crippen LogP contribution in [0.15, 0.2) is 66.7 Å². The summed E-state index contributed by atoms with van der Waals surface area (Å²) in [6, 6.07) is 17.9. The summed E-state index contributed by atoms with van der Waals surface area (Å²) in [5, 5.41) is 5.12. The lowest BCUT2D eigenvalue weighted by atomic mass is 9.98. The molecule has 0 aliphatic carbocycles. The lowest BCUT2D eigenvalue weighted by Gasteiger charge is -2.11. The molecule has 142 valence electrons. The molecule has 0 saturated heterocycles. The van der Waals surface area contributed by atoms with Gasteiger partial charge in [0.1, 0.15) is 5.82 Å². The minimum absolute atomic E-state index is 0.104. The molecule has 0 aliphatic rings. The maximum atomic E-state index is 13.6. The zero-order valence-electron chi connectivity index (χ0n) is 15.5. The van der Waals surface area contributed by atoms with E-state index in [2.05, 4.69) is 10.6 Å². The number of amides is 2. The average molecular weight is 378 g/mol. The SMILES string of the molecule is COC(=O)c1ccc(C)c(-c2ccc(NC(=O)Nc3ccccc3F)cc2)c1. The van der Waals surface area contributed by atoms with E-state index in [1.54, 1.807) is 36.4 Å². The van der Waals surface area contributed by atoms with Crippen LogP contribution < -0.4 is 10.6 Å². The van der Waals surface area contributed by atoms with Crippen LogP contribution in [-0.2, 0) is 4.74 Å². The Hall–Kier alpha value is -3.67. The van der Waals surface area contributed by atoms with Gasteiger partial charge in [0.15, 0.2) is 0 Å². The summed E-state index contributed by atoms with van der Waals surface area (Å²) >= 11 is 0. The lowest BCUT2D eigenvalue weighted by molar-refractivity contribution is 0.0600. The van der Waals surface area contributed by atoms with Crippen LogP contribution in [0.2, 0.25) is 0 Å². The molecule has 0 radical (unpaired) electrons. The molecule has 0 fully saturated rings. The van der Waals surface area contributed by atoms with Crippen molar-refractivity contribution in [3.63, 3.8) is 0 Å². The van der Waals surface area contributed by atoms with Crippen LogP contribution in [-0.4, -0.2) is 19.1 Å². The van der Waals surface area contributed by atoms with Gasteiger partial charge in [-0.05, 0) is 60.0 Å². The Labute approximate surface area is 162 Å². The van der Waals surface area contributed by atoms with Crippen molar-refractivity contribution in [2.45, 2.75) is 6.92 Å². The molecular weight excluding hydrogens is 359 g/mol. The number of anilines is 2. The van der Waals surface area contributed by atoms with Gasteiger partial charge in [0.2, 0.25) is 0 Å². The summed E-state index contributed by atoms with van der Waals surface area (Å²) in [6.07, 6.45) is 0. The van der Waals surface area contributed by atoms with Crippen molar-refractivity contribution in [3.05, 3.63) is 83.7 Å². The smallest absolute Gasteiger partial charge is 0.337 e. The number of aryl methyl sites for hydroxylation is 1. The van der Waals surface area contributed by atoms with Crippen LogP contribution in [0.5, 0.6) is 0 Å². The zero-order valence-corrected chi connectivity index (χ0v) is 15.5. The number of methoxy groups -OCH3 is 1. The highest BCUT2D eigenvalue weighted by atomic mass is 19.1. The molecule has 0 atom stereocenters. The molecule has 3 aromatic carbocycles. The highest BCUT2D eigenvalue weighted by Gasteiger charge is 2.10. The van der Waals surface area contributed by atoms with E-state index in [1.165, 1.54) is 19.2 Å². The summed E-state index contributed by atoms with van der Waals surface area (Å²) in [6.45, 7) is 1.95. The molecule has 0 bridgehead atoms. The topological polar surface area (TPSA) is 67.4 Å². The molecule has 0 heterocycles. The fourth-order valence-corrected chi connectivity index (χ4v) is 2.76. The number of rotatable bonds is 4. The second-order valence-electron chi connectivity index (χ2n) is 6.16. The van der Waals surface area contributed by atoms with Crippen LogP contribution in [0, 0.1) is 12.7 Å². The van der Waals surface area contributed by atoms with Crippen molar-refractivity contribution in [1.82, 2.24) is 0 Å². The van der Waals surface area contributed by atoms with E-state index in [4.69, 9.17) is 4.74 Å². The Morgan fingerprint density at radius 3 is 2.32 bits per heavy atom. The summed E-state index contributed by atoms with van der Waals surface area (Å²) in [4.78, 5) is 23.8. The molecule has 0 aliphatic heterocycles. The van der Waals surface area contributed by atoms with Gasteiger partial charge in [-0.1, -0.05) is 30.3 Å². The summed E-state index contributed by atoms with van der Waals surface area (Å²) in [5.74, 6) is -0.904. The second-order valence-corrected chi connectivity index (χ2v) is 6.16. The molecule has 6 heteroatoms. The van der Waals surface area contributed by atoms with Gasteiger partial charge < -0.3 is 15.4 Å². The number of nitrogens with one attached hydrogen (secondary N) is 2. The third-order valence-electron chi connectivity index (χ3n) is 4.23. The van der Waals surface area contributed by atoms with Crippen molar-refractivity contribution in [3.8, 4) is 11.1 Å². The highest BCUT2D eigenvalue weighted by Crippen LogP contribution is 2.26. The normalized spacial score (nSPS) is 10.2. The number of urea groups is 1. The first-order chi connectivity index (χ1) is 13.5. The monoisotopic (exact) mass is 378 g/mol. The number of hydrogen-bond acceptors (Lipinski definition) is 3. The molecule has 28 heavy (non-hydrogen) atoms. The van der Waals surface area contributed by atoms with E-state index < -0.39 is 17.8 Å². The van der Waals surface area contributed by atoms with Gasteiger partial charge in [-0.15, -0.1) is 0 Å². The molecule has 2 amide bonds. The Morgan fingerprint density at radius 2 is 1.64 bits per heavy atom. The van der Waals surface area contributed by atoms with Crippen LogP contribution in [0.25, 0.3) is 11.1 Å². The Balaban J connectivity index is 1.74. The molecule has 3 rings (SSSR count). The number of hydrogen-bond donors (Lipinski definition) is 2. The van der Waals surface area contributed by atoms with Crippen molar-refractivity contribution in [1.29, 1.82) is 0 Å². The van der Waals surface area contributed by atoms with Gasteiger partial charge in [0.05, 0.1) is 18.4 Å². The van der Waals surface area contributed by atoms with Crippen LogP contribution in [0.4, 0.5) is 20.6 Å². The third-order valence-corrected chi connectivity index (χ3v) is 4.23. The molecule has 5 nitrogen and oxygen atoms in total. The maximum absolute atomic E-state index is 13.6. The van der Waals surface area contributed by atoms with E-state index in [-0.39, 0.29) is 5.69 Å². The number of carbonyl (C=O) groups is 2. The van der Waals surface area contributed by atoms with Crippen LogP contribution in [0.1, 0.15) is 15.9 Å². The van der Waals surface area contributed by atoms with E-state index in [0.29, 0.717) is 11.3 Å². The zero-order chi connectivity index (χ0) is 20.1. The van der Waals surface area contributed by atoms with Gasteiger partial charge in [-0.25, -0.2) is 14.0 Å². The maximum Gasteiger partial charge on any atom is 0.337 e. The quantitative estimate of drug-likeness (QED) is 0.611. The second kappa shape index (κ2) is 8.35. The van der Waals surface area contributed by atoms with Crippen molar-refractivity contribution < 1.29 is 18.7 Å². The first kappa shape index (κ1) is 19.1. The lowest BCUT2D eigenvalue weighted by Crippen LogP contribution is -2.20. The third kappa shape index (κ3) is 4.35. The molecule has 0 spiro atoms. The van der Waals surface area contributed by atoms with E-state index in [1.807, 2.05) is 25.1 Å². The Kier molecular flexibility index (Phi) is 5.69. The summed E-state index contributed by atoms with van der Waals surface area (Å²) in [7, 11) is 1.34. The first-order valence-corrected chi connectivity index (χ1v) is 8.60. The average Bonchev–Trinajstić information content (AvgIpc) is 2.70. The minimum atomic E-state index is -0.540. The van der Waals surface area contributed by atoms with Gasteiger partial charge in [0.25, 0.3) is 0 Å². The fraction of sp³-hybridized carbons (Fsp3) is 0.0909. The van der Waals surface area contributed by atoms with Gasteiger partial charge in [-0.2, -0.15) is 0 Å². The fourth-order valence-electron chi connectivity index (χ4n) is 2.76. The number of halogens is 1. The molecule has 0 saturated carbocycles. The number of ether oxygens (including phenoxy) is 1. The molecule has 0 unspecified atom stereocenters. The van der Waals surface area contributed by atoms with Crippen molar-refractivity contribution >= 4 is 23.4 Å². The molecular formula is C22H19FN2O3. The van der Waals surface area contributed by atoms with Gasteiger partial charge in [-0.3, -0.25) is 0 Å². The Bertz CT molecular complexity index is 1020. The Morgan fingerprint density at radius 1 is 0.929 bits per heavy atom. The number of carbonyl (C=O) groups excluding carboxylic acids is 2. The predicted octanol–water partition coefficient (Wildman–Crippen LogP) is 5.23. The van der Waals surface area contributed by atoms with Crippen molar-refractivity contribution in [2.24, 2.45) is 0 Å². The summed E-state index contributed by atoms with van der Waals surface area (Å²) < 4.78 is 18.4. The van der Waals surface area contributed by atoms with Gasteiger partial charge >= 0.3 is 12.0 Å². The van der Waals surface area contributed by atoms with E-state index in [0.717, 1.165) is 16.7 Å². The van der Waals surface area contributed by atoms with Gasteiger partial charge in [0, 0.05) is 5.69 Å². The molecule has 0 aromatic heterocycles. The van der Waals surface area contributed by atoms with Crippen LogP contribution in [0.3, 0.4) is 0 Å². The van der Waals surface area contributed by atoms with E-state index in [9.17, 15) is 14.0 Å².